The molecule has 2 saturated heterocycles. The second kappa shape index (κ2) is 5.68. The second-order valence-electron chi connectivity index (χ2n) is 6.53. The molecule has 4 rings (SSSR count). The standard InChI is InChI=1S/C17H20N4O2/c22-15(14-4-1-11-23-14)20-9-2-5-17(12-20)6-10-21(13-17)16-18-7-3-8-19-16/h1,3-4,7-8,11H,2,5-6,9-10,12-13H2/t17-/m1/s1. The third-order valence-electron chi connectivity index (χ3n) is 4.95. The smallest absolute Gasteiger partial charge is 0.289 e. The molecular formula is C17H20N4O2. The molecule has 2 aromatic rings. The lowest BCUT2D eigenvalue weighted by atomic mass is 9.79. The van der Waals surface area contributed by atoms with Gasteiger partial charge in [0, 0.05) is 44.0 Å². The van der Waals surface area contributed by atoms with Crippen LogP contribution in [0.2, 0.25) is 0 Å². The van der Waals surface area contributed by atoms with Crippen molar-refractivity contribution in [2.75, 3.05) is 31.1 Å². The average molecular weight is 312 g/mol. The van der Waals surface area contributed by atoms with E-state index >= 15 is 0 Å². The van der Waals surface area contributed by atoms with Gasteiger partial charge in [-0.2, -0.15) is 0 Å². The largest absolute Gasteiger partial charge is 0.459 e. The van der Waals surface area contributed by atoms with Crippen molar-refractivity contribution < 1.29 is 9.21 Å². The Balaban J connectivity index is 1.48. The Morgan fingerprint density at radius 2 is 2.00 bits per heavy atom. The normalized spacial score (nSPS) is 24.3. The maximum absolute atomic E-state index is 12.5. The van der Waals surface area contributed by atoms with Crippen LogP contribution in [-0.2, 0) is 0 Å². The zero-order valence-electron chi connectivity index (χ0n) is 13.0. The first-order valence-corrected chi connectivity index (χ1v) is 8.11. The van der Waals surface area contributed by atoms with Crippen LogP contribution in [0.25, 0.3) is 0 Å². The van der Waals surface area contributed by atoms with Gasteiger partial charge >= 0.3 is 0 Å². The van der Waals surface area contributed by atoms with Crippen molar-refractivity contribution in [3.8, 4) is 0 Å². The van der Waals surface area contributed by atoms with Crippen molar-refractivity contribution in [2.24, 2.45) is 5.41 Å². The number of amides is 1. The fraction of sp³-hybridized carbons (Fsp3) is 0.471. The summed E-state index contributed by atoms with van der Waals surface area (Å²) in [5, 5.41) is 0. The predicted molar refractivity (Wildman–Crippen MR) is 85.1 cm³/mol. The lowest BCUT2D eigenvalue weighted by Gasteiger charge is -2.40. The van der Waals surface area contributed by atoms with Crippen LogP contribution in [0.3, 0.4) is 0 Å². The monoisotopic (exact) mass is 312 g/mol. The van der Waals surface area contributed by atoms with Crippen LogP contribution in [0.15, 0.2) is 41.3 Å². The van der Waals surface area contributed by atoms with E-state index in [4.69, 9.17) is 4.42 Å². The number of piperidine rings is 1. The Morgan fingerprint density at radius 3 is 2.78 bits per heavy atom. The number of anilines is 1. The molecule has 2 fully saturated rings. The molecule has 0 N–H and O–H groups in total. The van der Waals surface area contributed by atoms with E-state index in [0.29, 0.717) is 5.76 Å². The van der Waals surface area contributed by atoms with Crippen molar-refractivity contribution in [2.45, 2.75) is 19.3 Å². The minimum atomic E-state index is 0.00323. The maximum Gasteiger partial charge on any atom is 0.289 e. The quantitative estimate of drug-likeness (QED) is 0.851. The Bertz CT molecular complexity index is 673. The van der Waals surface area contributed by atoms with Gasteiger partial charge in [0.1, 0.15) is 0 Å². The molecule has 0 aliphatic carbocycles. The van der Waals surface area contributed by atoms with Gasteiger partial charge in [0.05, 0.1) is 6.26 Å². The molecule has 0 aromatic carbocycles. The van der Waals surface area contributed by atoms with Gasteiger partial charge in [-0.05, 0) is 37.5 Å². The first kappa shape index (κ1) is 14.2. The molecule has 0 radical (unpaired) electrons. The van der Waals surface area contributed by atoms with E-state index in [2.05, 4.69) is 14.9 Å². The number of rotatable bonds is 2. The summed E-state index contributed by atoms with van der Waals surface area (Å²) in [6.07, 6.45) is 8.38. The molecule has 0 saturated carbocycles. The number of hydrogen-bond acceptors (Lipinski definition) is 5. The zero-order valence-corrected chi connectivity index (χ0v) is 13.0. The van der Waals surface area contributed by atoms with E-state index in [1.165, 1.54) is 0 Å². The molecule has 1 atom stereocenters. The maximum atomic E-state index is 12.5. The van der Waals surface area contributed by atoms with E-state index in [0.717, 1.165) is 51.4 Å². The summed E-state index contributed by atoms with van der Waals surface area (Å²) in [5.41, 5.74) is 0.152. The fourth-order valence-corrected chi connectivity index (χ4v) is 3.83. The van der Waals surface area contributed by atoms with Crippen LogP contribution in [0.5, 0.6) is 0 Å². The third-order valence-corrected chi connectivity index (χ3v) is 4.95. The number of hydrogen-bond donors (Lipinski definition) is 0. The first-order chi connectivity index (χ1) is 11.3. The molecule has 6 nitrogen and oxygen atoms in total. The highest BCUT2D eigenvalue weighted by atomic mass is 16.3. The van der Waals surface area contributed by atoms with Crippen molar-refractivity contribution in [1.82, 2.24) is 14.9 Å². The zero-order chi connectivity index (χ0) is 15.7. The van der Waals surface area contributed by atoms with Gasteiger partial charge in [0.25, 0.3) is 5.91 Å². The number of furan rings is 1. The van der Waals surface area contributed by atoms with E-state index in [1.54, 1.807) is 30.8 Å². The molecule has 1 amide bonds. The first-order valence-electron chi connectivity index (χ1n) is 8.11. The van der Waals surface area contributed by atoms with Crippen molar-refractivity contribution >= 4 is 11.9 Å². The van der Waals surface area contributed by atoms with Crippen molar-refractivity contribution in [3.05, 3.63) is 42.6 Å². The van der Waals surface area contributed by atoms with Gasteiger partial charge < -0.3 is 14.2 Å². The highest BCUT2D eigenvalue weighted by Crippen LogP contribution is 2.40. The van der Waals surface area contributed by atoms with Gasteiger partial charge in [-0.25, -0.2) is 9.97 Å². The Kier molecular flexibility index (Phi) is 3.52. The summed E-state index contributed by atoms with van der Waals surface area (Å²) in [5.74, 6) is 1.23. The van der Waals surface area contributed by atoms with Crippen LogP contribution in [-0.4, -0.2) is 47.0 Å². The number of likely N-dealkylation sites (tertiary alicyclic amines) is 1. The molecule has 23 heavy (non-hydrogen) atoms. The lowest BCUT2D eigenvalue weighted by Crippen LogP contribution is -2.47. The second-order valence-corrected chi connectivity index (χ2v) is 6.53. The number of carbonyl (C=O) groups is 1. The molecule has 4 heterocycles. The molecule has 120 valence electrons. The fourth-order valence-electron chi connectivity index (χ4n) is 3.83. The van der Waals surface area contributed by atoms with Crippen LogP contribution >= 0.6 is 0 Å². The van der Waals surface area contributed by atoms with Crippen LogP contribution in [0.4, 0.5) is 5.95 Å². The van der Waals surface area contributed by atoms with Crippen molar-refractivity contribution in [3.63, 3.8) is 0 Å². The minimum Gasteiger partial charge on any atom is -0.459 e. The molecule has 0 unspecified atom stereocenters. The summed E-state index contributed by atoms with van der Waals surface area (Å²) in [6.45, 7) is 3.46. The molecule has 0 bridgehead atoms. The van der Waals surface area contributed by atoms with Gasteiger partial charge in [0.2, 0.25) is 5.95 Å². The van der Waals surface area contributed by atoms with Crippen LogP contribution in [0, 0.1) is 5.41 Å². The highest BCUT2D eigenvalue weighted by Gasteiger charge is 2.43. The molecule has 6 heteroatoms. The summed E-state index contributed by atoms with van der Waals surface area (Å²) >= 11 is 0. The average Bonchev–Trinajstić information content (AvgIpc) is 3.26. The third kappa shape index (κ3) is 2.69. The Morgan fingerprint density at radius 1 is 1.13 bits per heavy atom. The molecule has 2 aromatic heterocycles. The van der Waals surface area contributed by atoms with Gasteiger partial charge in [-0.15, -0.1) is 0 Å². The van der Waals surface area contributed by atoms with Crippen molar-refractivity contribution in [1.29, 1.82) is 0 Å². The van der Waals surface area contributed by atoms with Gasteiger partial charge in [-0.3, -0.25) is 4.79 Å². The highest BCUT2D eigenvalue weighted by molar-refractivity contribution is 5.91. The summed E-state index contributed by atoms with van der Waals surface area (Å²) < 4.78 is 5.27. The molecule has 1 spiro atoms. The summed E-state index contributed by atoms with van der Waals surface area (Å²) in [4.78, 5) is 25.4. The lowest BCUT2D eigenvalue weighted by molar-refractivity contribution is 0.0526. The van der Waals surface area contributed by atoms with Gasteiger partial charge in [0.15, 0.2) is 5.76 Å². The number of aromatic nitrogens is 2. The van der Waals surface area contributed by atoms with E-state index in [9.17, 15) is 4.79 Å². The SMILES string of the molecule is O=C(c1ccco1)N1CCC[C@@]2(CCN(c3ncccn3)C2)C1. The minimum absolute atomic E-state index is 0.00323. The van der Waals surface area contributed by atoms with E-state index in [-0.39, 0.29) is 11.3 Å². The summed E-state index contributed by atoms with van der Waals surface area (Å²) in [6, 6.07) is 5.33. The summed E-state index contributed by atoms with van der Waals surface area (Å²) in [7, 11) is 0. The Labute approximate surface area is 135 Å². The van der Waals surface area contributed by atoms with Crippen LogP contribution in [0.1, 0.15) is 29.8 Å². The van der Waals surface area contributed by atoms with Crippen LogP contribution < -0.4 is 4.90 Å². The molecule has 2 aliphatic rings. The molecule has 2 aliphatic heterocycles. The van der Waals surface area contributed by atoms with E-state index in [1.807, 2.05) is 11.0 Å². The predicted octanol–water partition coefficient (Wildman–Crippen LogP) is 2.20. The number of nitrogens with zero attached hydrogens (tertiary/aromatic N) is 4. The van der Waals surface area contributed by atoms with Gasteiger partial charge in [-0.1, -0.05) is 0 Å². The van der Waals surface area contributed by atoms with E-state index < -0.39 is 0 Å². The molecular weight excluding hydrogens is 292 g/mol. The number of carbonyl (C=O) groups excluding carboxylic acids is 1. The Hall–Kier alpha value is -2.37. The topological polar surface area (TPSA) is 62.5 Å².